The summed E-state index contributed by atoms with van der Waals surface area (Å²) in [6.45, 7) is 1.57. The number of halogens is 1. The number of nitrogens with one attached hydrogen (secondary N) is 1. The van der Waals surface area contributed by atoms with E-state index in [2.05, 4.69) is 29.6 Å². The summed E-state index contributed by atoms with van der Waals surface area (Å²) in [5, 5.41) is 3.03. The Kier molecular flexibility index (Phi) is 10.2. The maximum Gasteiger partial charge on any atom is 0.411 e. The second-order valence-electron chi connectivity index (χ2n) is 12.9. The van der Waals surface area contributed by atoms with Gasteiger partial charge in [-0.3, -0.25) is 14.9 Å². The lowest BCUT2D eigenvalue weighted by Crippen LogP contribution is -2.37. The van der Waals surface area contributed by atoms with Crippen molar-refractivity contribution in [2.24, 2.45) is 0 Å². The standard InChI is InChI=1S/C43H39ClN2O5/c44-41-37(23-14-24-38(41)45-42(49)50-29-36-34-21-10-8-19-32(34)33-20-9-11-22-35(33)36)43(30-15-4-1-5-16-30,31-17-6-2-7-18-31)51-40(48)26-25-39(47)46-27-12-3-13-28-46/h1-2,4-11,14-24,36H,3,12-13,25-29H2,(H,45,49). The van der Waals surface area contributed by atoms with Gasteiger partial charge in [0, 0.05) is 42.1 Å². The van der Waals surface area contributed by atoms with E-state index in [1.165, 1.54) is 0 Å². The first kappa shape index (κ1) is 34.1. The molecule has 258 valence electrons. The van der Waals surface area contributed by atoms with Gasteiger partial charge < -0.3 is 14.4 Å². The Hall–Kier alpha value is -5.40. The smallest absolute Gasteiger partial charge is 0.411 e. The van der Waals surface area contributed by atoms with E-state index < -0.39 is 17.7 Å². The lowest BCUT2D eigenvalue weighted by molar-refractivity contribution is -0.155. The summed E-state index contributed by atoms with van der Waals surface area (Å²) in [5.74, 6) is -0.696. The van der Waals surface area contributed by atoms with Crippen LogP contribution < -0.4 is 5.32 Å². The van der Waals surface area contributed by atoms with Gasteiger partial charge in [-0.15, -0.1) is 0 Å². The molecule has 0 bridgehead atoms. The maximum atomic E-state index is 13.8. The molecule has 7 nitrogen and oxygen atoms in total. The van der Waals surface area contributed by atoms with Crippen LogP contribution in [-0.2, 0) is 24.7 Å². The van der Waals surface area contributed by atoms with Gasteiger partial charge in [0.15, 0.2) is 5.60 Å². The number of hydrogen-bond acceptors (Lipinski definition) is 5. The molecule has 5 aromatic carbocycles. The van der Waals surface area contributed by atoms with E-state index in [1.807, 2.05) is 89.8 Å². The summed E-state index contributed by atoms with van der Waals surface area (Å²) >= 11 is 7.19. The molecule has 0 saturated carbocycles. The van der Waals surface area contributed by atoms with Crippen LogP contribution in [0.5, 0.6) is 0 Å². The zero-order valence-electron chi connectivity index (χ0n) is 28.2. The molecule has 1 aliphatic carbocycles. The van der Waals surface area contributed by atoms with Gasteiger partial charge in [-0.2, -0.15) is 0 Å². The van der Waals surface area contributed by atoms with Crippen LogP contribution in [0, 0.1) is 0 Å². The third kappa shape index (κ3) is 6.99. The molecule has 1 heterocycles. The van der Waals surface area contributed by atoms with Crippen molar-refractivity contribution in [3.63, 3.8) is 0 Å². The fourth-order valence-electron chi connectivity index (χ4n) is 7.37. The Bertz CT molecular complexity index is 1940. The van der Waals surface area contributed by atoms with E-state index in [0.29, 0.717) is 35.5 Å². The van der Waals surface area contributed by atoms with Gasteiger partial charge in [-0.05, 0) is 47.6 Å². The number of hydrogen-bond donors (Lipinski definition) is 1. The van der Waals surface area contributed by atoms with Crippen LogP contribution in [0.15, 0.2) is 127 Å². The zero-order valence-corrected chi connectivity index (χ0v) is 29.0. The molecule has 0 atom stereocenters. The quantitative estimate of drug-likeness (QED) is 0.116. The van der Waals surface area contributed by atoms with Crippen molar-refractivity contribution in [2.75, 3.05) is 25.0 Å². The highest BCUT2D eigenvalue weighted by atomic mass is 35.5. The molecule has 2 amide bonds. The fourth-order valence-corrected chi connectivity index (χ4v) is 7.68. The normalized spacial score (nSPS) is 13.9. The van der Waals surface area contributed by atoms with Crippen molar-refractivity contribution in [2.45, 2.75) is 43.6 Å². The number of ether oxygens (including phenoxy) is 2. The number of esters is 1. The minimum Gasteiger partial charge on any atom is -0.448 e. The number of carbonyl (C=O) groups is 3. The van der Waals surface area contributed by atoms with Gasteiger partial charge in [0.2, 0.25) is 5.91 Å². The first-order valence-corrected chi connectivity index (χ1v) is 17.8. The van der Waals surface area contributed by atoms with E-state index in [1.54, 1.807) is 18.2 Å². The number of amides is 2. The van der Waals surface area contributed by atoms with Crippen LogP contribution in [0.4, 0.5) is 10.5 Å². The van der Waals surface area contributed by atoms with E-state index in [-0.39, 0.29) is 36.3 Å². The molecule has 8 heteroatoms. The van der Waals surface area contributed by atoms with Crippen molar-refractivity contribution in [1.82, 2.24) is 4.90 Å². The monoisotopic (exact) mass is 698 g/mol. The minimum atomic E-state index is -1.50. The van der Waals surface area contributed by atoms with Crippen LogP contribution in [0.25, 0.3) is 11.1 Å². The van der Waals surface area contributed by atoms with Crippen LogP contribution in [0.3, 0.4) is 0 Å². The average molecular weight is 699 g/mol. The molecule has 51 heavy (non-hydrogen) atoms. The van der Waals surface area contributed by atoms with Crippen molar-refractivity contribution >= 4 is 35.3 Å². The summed E-state index contributed by atoms with van der Waals surface area (Å²) in [4.78, 5) is 42.0. The third-order valence-electron chi connectivity index (χ3n) is 9.84. The molecule has 0 radical (unpaired) electrons. The van der Waals surface area contributed by atoms with E-state index in [9.17, 15) is 14.4 Å². The second kappa shape index (κ2) is 15.2. The average Bonchev–Trinajstić information content (AvgIpc) is 3.50. The lowest BCUT2D eigenvalue weighted by atomic mass is 9.79. The highest BCUT2D eigenvalue weighted by molar-refractivity contribution is 6.34. The molecule has 2 aliphatic rings. The summed E-state index contributed by atoms with van der Waals surface area (Å²) in [6, 6.07) is 40.3. The van der Waals surface area contributed by atoms with Gasteiger partial charge in [0.25, 0.3) is 0 Å². The molecule has 1 N–H and O–H groups in total. The van der Waals surface area contributed by atoms with Crippen molar-refractivity contribution < 1.29 is 23.9 Å². The molecule has 1 saturated heterocycles. The van der Waals surface area contributed by atoms with Gasteiger partial charge in [-0.25, -0.2) is 4.79 Å². The first-order chi connectivity index (χ1) is 25.0. The fraction of sp³-hybridized carbons (Fsp3) is 0.233. The molecule has 1 aliphatic heterocycles. The lowest BCUT2D eigenvalue weighted by Gasteiger charge is -2.36. The summed E-state index contributed by atoms with van der Waals surface area (Å²) in [6.07, 6.45) is 2.36. The number of nitrogens with zero attached hydrogens (tertiary/aromatic N) is 1. The van der Waals surface area contributed by atoms with Gasteiger partial charge in [0.05, 0.1) is 17.1 Å². The van der Waals surface area contributed by atoms with E-state index >= 15 is 0 Å². The zero-order chi connectivity index (χ0) is 35.2. The van der Waals surface area contributed by atoms with Crippen LogP contribution in [0.2, 0.25) is 5.02 Å². The van der Waals surface area contributed by atoms with Gasteiger partial charge in [0.1, 0.15) is 6.61 Å². The molecule has 1 fully saturated rings. The number of rotatable bonds is 10. The van der Waals surface area contributed by atoms with E-state index in [0.717, 1.165) is 41.5 Å². The maximum absolute atomic E-state index is 13.8. The number of likely N-dealkylation sites (tertiary alicyclic amines) is 1. The molecule has 0 unspecified atom stereocenters. The largest absolute Gasteiger partial charge is 0.448 e. The Morgan fingerprint density at radius 2 is 1.25 bits per heavy atom. The predicted molar refractivity (Wildman–Crippen MR) is 199 cm³/mol. The first-order valence-electron chi connectivity index (χ1n) is 17.5. The Balaban J connectivity index is 1.17. The molecule has 0 aromatic heterocycles. The molecular weight excluding hydrogens is 660 g/mol. The number of benzene rings is 5. The molecule has 5 aromatic rings. The number of carbonyl (C=O) groups excluding carboxylic acids is 3. The highest BCUT2D eigenvalue weighted by Crippen LogP contribution is 2.47. The third-order valence-corrected chi connectivity index (χ3v) is 10.2. The van der Waals surface area contributed by atoms with Crippen LogP contribution in [0.1, 0.15) is 65.8 Å². The van der Waals surface area contributed by atoms with Crippen molar-refractivity contribution in [3.05, 3.63) is 160 Å². The highest BCUT2D eigenvalue weighted by Gasteiger charge is 2.43. The predicted octanol–water partition coefficient (Wildman–Crippen LogP) is 9.33. The van der Waals surface area contributed by atoms with Gasteiger partial charge in [-0.1, -0.05) is 133 Å². The summed E-state index contributed by atoms with van der Waals surface area (Å²) in [7, 11) is 0. The van der Waals surface area contributed by atoms with E-state index in [4.69, 9.17) is 21.1 Å². The van der Waals surface area contributed by atoms with Gasteiger partial charge >= 0.3 is 12.1 Å². The minimum absolute atomic E-state index is 0.0512. The Morgan fingerprint density at radius 3 is 1.86 bits per heavy atom. The van der Waals surface area contributed by atoms with Crippen molar-refractivity contribution in [3.8, 4) is 11.1 Å². The Morgan fingerprint density at radius 1 is 0.686 bits per heavy atom. The molecule has 0 spiro atoms. The number of piperidine rings is 1. The van der Waals surface area contributed by atoms with Crippen LogP contribution in [-0.4, -0.2) is 42.6 Å². The number of fused-ring (bicyclic) bond motifs is 3. The SMILES string of the molecule is O=C(CCC(=O)N1CCCCC1)OC(c1ccccc1)(c1ccccc1)c1cccc(NC(=O)OCC2c3ccccc3-c3ccccc32)c1Cl. The second-order valence-corrected chi connectivity index (χ2v) is 13.3. The Labute approximate surface area is 303 Å². The van der Waals surface area contributed by atoms with Crippen molar-refractivity contribution in [1.29, 1.82) is 0 Å². The molecular formula is C43H39ClN2O5. The number of anilines is 1. The summed E-state index contributed by atoms with van der Waals surface area (Å²) in [5.41, 5.74) is 5.08. The van der Waals surface area contributed by atoms with Crippen LogP contribution >= 0.6 is 11.6 Å². The topological polar surface area (TPSA) is 84.9 Å². The summed E-state index contributed by atoms with van der Waals surface area (Å²) < 4.78 is 12.4. The molecule has 7 rings (SSSR count).